The van der Waals surface area contributed by atoms with E-state index in [1.54, 1.807) is 0 Å². The molecule has 0 aliphatic carbocycles. The van der Waals surface area contributed by atoms with Crippen molar-refractivity contribution in [1.82, 2.24) is 0 Å². The SMILES string of the molecule is CCCCCCCN(CCCCCCC)c1ccccc1C(=O)c1ccccc1N(CCCCCCC)CCCCCCC. The van der Waals surface area contributed by atoms with Crippen molar-refractivity contribution >= 4 is 17.2 Å². The van der Waals surface area contributed by atoms with E-state index in [1.165, 1.54) is 128 Å². The monoisotopic (exact) mass is 605 g/mol. The van der Waals surface area contributed by atoms with Crippen molar-refractivity contribution in [2.75, 3.05) is 36.0 Å². The molecule has 0 radical (unpaired) electrons. The highest BCUT2D eigenvalue weighted by Gasteiger charge is 2.22. The molecule has 0 fully saturated rings. The Kier molecular flexibility index (Phi) is 21.5. The average molecular weight is 605 g/mol. The lowest BCUT2D eigenvalue weighted by molar-refractivity contribution is 0.103. The number of rotatable bonds is 28. The second kappa shape index (κ2) is 25.0. The number of ketones is 1. The van der Waals surface area contributed by atoms with E-state index in [1.807, 2.05) is 0 Å². The first-order valence-electron chi connectivity index (χ1n) is 18.9. The van der Waals surface area contributed by atoms with Crippen molar-refractivity contribution in [2.45, 2.75) is 156 Å². The van der Waals surface area contributed by atoms with Gasteiger partial charge >= 0.3 is 0 Å². The molecule has 3 heteroatoms. The van der Waals surface area contributed by atoms with Crippen molar-refractivity contribution in [3.63, 3.8) is 0 Å². The lowest BCUT2D eigenvalue weighted by Crippen LogP contribution is -2.29. The Morgan fingerprint density at radius 3 is 0.977 bits per heavy atom. The Bertz CT molecular complexity index is 881. The van der Waals surface area contributed by atoms with E-state index in [-0.39, 0.29) is 5.78 Å². The fourth-order valence-electron chi connectivity index (χ4n) is 6.36. The number of unbranched alkanes of at least 4 members (excludes halogenated alkanes) is 16. The molecule has 0 atom stereocenters. The van der Waals surface area contributed by atoms with Gasteiger partial charge in [0.15, 0.2) is 5.78 Å². The quantitative estimate of drug-likeness (QED) is 0.0713. The van der Waals surface area contributed by atoms with Crippen molar-refractivity contribution in [1.29, 1.82) is 0 Å². The predicted molar refractivity (Wildman–Crippen MR) is 196 cm³/mol. The van der Waals surface area contributed by atoms with Crippen LogP contribution < -0.4 is 9.80 Å². The molecule has 0 N–H and O–H groups in total. The number of anilines is 2. The van der Waals surface area contributed by atoms with Gasteiger partial charge < -0.3 is 9.80 Å². The summed E-state index contributed by atoms with van der Waals surface area (Å²) >= 11 is 0. The second-order valence-corrected chi connectivity index (χ2v) is 13.0. The van der Waals surface area contributed by atoms with Gasteiger partial charge in [-0.1, -0.05) is 155 Å². The first-order valence-corrected chi connectivity index (χ1v) is 18.9. The zero-order valence-corrected chi connectivity index (χ0v) is 29.4. The molecule has 2 aromatic rings. The van der Waals surface area contributed by atoms with Gasteiger partial charge in [-0.05, 0) is 49.9 Å². The van der Waals surface area contributed by atoms with E-state index in [9.17, 15) is 4.79 Å². The minimum atomic E-state index is 0.181. The van der Waals surface area contributed by atoms with Crippen LogP contribution in [0.3, 0.4) is 0 Å². The fraction of sp³-hybridized carbons (Fsp3) is 0.683. The Labute approximate surface area is 273 Å². The molecule has 0 aromatic heterocycles. The summed E-state index contributed by atoms with van der Waals surface area (Å²) in [6.45, 7) is 13.3. The minimum Gasteiger partial charge on any atom is -0.371 e. The lowest BCUT2D eigenvalue weighted by Gasteiger charge is -2.29. The van der Waals surface area contributed by atoms with Crippen LogP contribution in [0.1, 0.15) is 172 Å². The van der Waals surface area contributed by atoms with Crippen LogP contribution in [0, 0.1) is 0 Å². The van der Waals surface area contributed by atoms with E-state index in [2.05, 4.69) is 86.0 Å². The molecule has 0 unspecified atom stereocenters. The Hall–Kier alpha value is -2.29. The highest BCUT2D eigenvalue weighted by molar-refractivity contribution is 6.15. The summed E-state index contributed by atoms with van der Waals surface area (Å²) in [6, 6.07) is 16.9. The molecule has 0 heterocycles. The van der Waals surface area contributed by atoms with Crippen LogP contribution in [-0.4, -0.2) is 32.0 Å². The molecule has 2 rings (SSSR count). The van der Waals surface area contributed by atoms with Crippen molar-refractivity contribution < 1.29 is 4.79 Å². The summed E-state index contributed by atoms with van der Waals surface area (Å²) in [4.78, 5) is 19.6. The second-order valence-electron chi connectivity index (χ2n) is 13.0. The summed E-state index contributed by atoms with van der Waals surface area (Å²) in [6.07, 6.45) is 25.4. The topological polar surface area (TPSA) is 23.6 Å². The molecule has 248 valence electrons. The molecule has 44 heavy (non-hydrogen) atoms. The number of carbonyl (C=O) groups is 1. The minimum absolute atomic E-state index is 0.181. The number of carbonyl (C=O) groups excluding carboxylic acids is 1. The summed E-state index contributed by atoms with van der Waals surface area (Å²) in [5.74, 6) is 0.181. The molecule has 3 nitrogen and oxygen atoms in total. The Balaban J connectivity index is 2.30. The van der Waals surface area contributed by atoms with Crippen LogP contribution in [0.2, 0.25) is 0 Å². The van der Waals surface area contributed by atoms with E-state index in [0.29, 0.717) is 0 Å². The molecule has 0 saturated heterocycles. The molecule has 0 amide bonds. The van der Waals surface area contributed by atoms with Gasteiger partial charge in [0.2, 0.25) is 0 Å². The molecule has 0 saturated carbocycles. The van der Waals surface area contributed by atoms with Crippen LogP contribution in [0.15, 0.2) is 48.5 Å². The van der Waals surface area contributed by atoms with Gasteiger partial charge in [0.1, 0.15) is 0 Å². The van der Waals surface area contributed by atoms with Crippen LogP contribution >= 0.6 is 0 Å². The van der Waals surface area contributed by atoms with E-state index >= 15 is 0 Å². The molecular weight excluding hydrogens is 536 g/mol. The molecule has 0 aliphatic rings. The van der Waals surface area contributed by atoms with Crippen molar-refractivity contribution in [3.8, 4) is 0 Å². The highest BCUT2D eigenvalue weighted by Crippen LogP contribution is 2.30. The predicted octanol–water partition coefficient (Wildman–Crippen LogP) is 12.4. The number of para-hydroxylation sites is 2. The maximum absolute atomic E-state index is 14.5. The summed E-state index contributed by atoms with van der Waals surface area (Å²) in [7, 11) is 0. The van der Waals surface area contributed by atoms with Crippen molar-refractivity contribution in [2.24, 2.45) is 0 Å². The van der Waals surface area contributed by atoms with E-state index < -0.39 is 0 Å². The smallest absolute Gasteiger partial charge is 0.197 e. The largest absolute Gasteiger partial charge is 0.371 e. The number of nitrogens with zero attached hydrogens (tertiary/aromatic N) is 2. The van der Waals surface area contributed by atoms with Gasteiger partial charge in [0, 0.05) is 48.7 Å². The molecule has 2 aromatic carbocycles. The standard InChI is InChI=1S/C41H68N2O/c1-5-9-13-17-25-33-42(34-26-18-14-10-6-2)39-31-23-21-29-37(39)41(44)38-30-22-24-32-40(38)43(35-27-19-15-11-7-3)36-28-20-16-12-8-4/h21-24,29-32H,5-20,25-28,33-36H2,1-4H3. The molecule has 0 bridgehead atoms. The van der Waals surface area contributed by atoms with Crippen LogP contribution in [-0.2, 0) is 0 Å². The first-order chi connectivity index (χ1) is 21.7. The zero-order valence-electron chi connectivity index (χ0n) is 29.4. The van der Waals surface area contributed by atoms with Gasteiger partial charge in [-0.2, -0.15) is 0 Å². The van der Waals surface area contributed by atoms with Gasteiger partial charge in [-0.25, -0.2) is 0 Å². The summed E-state index contributed by atoms with van der Waals surface area (Å²) in [5, 5.41) is 0. The lowest BCUT2D eigenvalue weighted by atomic mass is 9.98. The third kappa shape index (κ3) is 14.7. The van der Waals surface area contributed by atoms with E-state index in [0.717, 1.165) is 48.7 Å². The van der Waals surface area contributed by atoms with Crippen LogP contribution in [0.25, 0.3) is 0 Å². The molecule has 0 aliphatic heterocycles. The molecule has 0 spiro atoms. The highest BCUT2D eigenvalue weighted by atomic mass is 16.1. The zero-order chi connectivity index (χ0) is 31.7. The summed E-state index contributed by atoms with van der Waals surface area (Å²) in [5.41, 5.74) is 3.99. The third-order valence-corrected chi connectivity index (χ3v) is 9.11. The summed E-state index contributed by atoms with van der Waals surface area (Å²) < 4.78 is 0. The van der Waals surface area contributed by atoms with Gasteiger partial charge in [-0.15, -0.1) is 0 Å². The number of hydrogen-bond acceptors (Lipinski definition) is 3. The van der Waals surface area contributed by atoms with Crippen molar-refractivity contribution in [3.05, 3.63) is 59.7 Å². The van der Waals surface area contributed by atoms with Crippen LogP contribution in [0.5, 0.6) is 0 Å². The third-order valence-electron chi connectivity index (χ3n) is 9.11. The Morgan fingerprint density at radius 1 is 0.409 bits per heavy atom. The first kappa shape index (κ1) is 37.9. The molecular formula is C41H68N2O. The van der Waals surface area contributed by atoms with Crippen LogP contribution in [0.4, 0.5) is 11.4 Å². The van der Waals surface area contributed by atoms with Gasteiger partial charge in [0.25, 0.3) is 0 Å². The maximum atomic E-state index is 14.5. The van der Waals surface area contributed by atoms with E-state index in [4.69, 9.17) is 0 Å². The normalized spacial score (nSPS) is 11.2. The van der Waals surface area contributed by atoms with Gasteiger partial charge in [-0.3, -0.25) is 4.79 Å². The number of hydrogen-bond donors (Lipinski definition) is 0. The van der Waals surface area contributed by atoms with Gasteiger partial charge in [0.05, 0.1) is 0 Å². The average Bonchev–Trinajstić information content (AvgIpc) is 3.05. The fourth-order valence-corrected chi connectivity index (χ4v) is 6.36. The Morgan fingerprint density at radius 2 is 0.682 bits per heavy atom. The number of benzene rings is 2. The maximum Gasteiger partial charge on any atom is 0.197 e.